The minimum Gasteiger partial charge on any atom is -0.465 e. The standard InChI is InChI=1S/C26H24N2O5S2/c1-33-26(30)24-15-20-13-21(9-11-23(20)34-24)27-25(29)19-7-4-12-28(16-19)35(31,32)22-10-8-17-5-2-3-6-18(17)14-22/h2-3,5-6,8-11,13-15,19H,4,7,12,16H2,1H3,(H,27,29). The van der Waals surface area contributed by atoms with Gasteiger partial charge in [0.05, 0.1) is 17.9 Å². The maximum absolute atomic E-state index is 13.3. The summed E-state index contributed by atoms with van der Waals surface area (Å²) >= 11 is 1.33. The van der Waals surface area contributed by atoms with E-state index in [0.29, 0.717) is 30.0 Å². The van der Waals surface area contributed by atoms with E-state index in [2.05, 4.69) is 5.32 Å². The number of carbonyl (C=O) groups excluding carboxylic acids is 2. The Kier molecular flexibility index (Phi) is 6.31. The Morgan fingerprint density at radius 1 is 1.00 bits per heavy atom. The van der Waals surface area contributed by atoms with Gasteiger partial charge in [-0.15, -0.1) is 11.3 Å². The third-order valence-electron chi connectivity index (χ3n) is 6.28. The average molecular weight is 509 g/mol. The number of hydrogen-bond acceptors (Lipinski definition) is 6. The highest BCUT2D eigenvalue weighted by Gasteiger charge is 2.33. The second-order valence-electron chi connectivity index (χ2n) is 8.56. The molecule has 0 spiro atoms. The van der Waals surface area contributed by atoms with E-state index >= 15 is 0 Å². The first-order chi connectivity index (χ1) is 16.8. The highest BCUT2D eigenvalue weighted by molar-refractivity contribution is 7.89. The van der Waals surface area contributed by atoms with Crippen molar-refractivity contribution in [1.29, 1.82) is 0 Å². The summed E-state index contributed by atoms with van der Waals surface area (Å²) < 4.78 is 33.8. The second-order valence-corrected chi connectivity index (χ2v) is 11.6. The third-order valence-corrected chi connectivity index (χ3v) is 9.24. The Bertz CT molecular complexity index is 1540. The van der Waals surface area contributed by atoms with Crippen LogP contribution in [-0.2, 0) is 19.6 Å². The van der Waals surface area contributed by atoms with E-state index in [-0.39, 0.29) is 17.3 Å². The van der Waals surface area contributed by atoms with Gasteiger partial charge in [-0.3, -0.25) is 4.79 Å². The maximum Gasteiger partial charge on any atom is 0.348 e. The predicted octanol–water partition coefficient (Wildman–Crippen LogP) is 4.88. The molecule has 7 nitrogen and oxygen atoms in total. The zero-order chi connectivity index (χ0) is 24.6. The van der Waals surface area contributed by atoms with E-state index in [9.17, 15) is 18.0 Å². The number of amides is 1. The molecule has 3 aromatic carbocycles. The number of rotatable bonds is 5. The van der Waals surface area contributed by atoms with Crippen molar-refractivity contribution in [2.45, 2.75) is 17.7 Å². The Balaban J connectivity index is 1.31. The van der Waals surface area contributed by atoms with Crippen molar-refractivity contribution in [3.8, 4) is 0 Å². The number of anilines is 1. The molecule has 1 amide bonds. The molecule has 1 fully saturated rings. The number of nitrogens with one attached hydrogen (secondary N) is 1. The zero-order valence-electron chi connectivity index (χ0n) is 19.1. The van der Waals surface area contributed by atoms with Crippen LogP contribution in [0.25, 0.3) is 20.9 Å². The molecule has 1 aromatic heterocycles. The minimum absolute atomic E-state index is 0.133. The molecule has 2 heterocycles. The van der Waals surface area contributed by atoms with Crippen molar-refractivity contribution in [1.82, 2.24) is 4.31 Å². The Morgan fingerprint density at radius 3 is 2.60 bits per heavy atom. The normalized spacial score (nSPS) is 16.9. The van der Waals surface area contributed by atoms with Crippen molar-refractivity contribution in [3.63, 3.8) is 0 Å². The molecule has 1 unspecified atom stereocenters. The molecular weight excluding hydrogens is 484 g/mol. The number of benzene rings is 3. The van der Waals surface area contributed by atoms with Gasteiger partial charge in [-0.2, -0.15) is 4.31 Å². The summed E-state index contributed by atoms with van der Waals surface area (Å²) in [6.45, 7) is 0.518. The van der Waals surface area contributed by atoms with E-state index in [0.717, 1.165) is 20.9 Å². The van der Waals surface area contributed by atoms with Crippen molar-refractivity contribution in [2.24, 2.45) is 5.92 Å². The van der Waals surface area contributed by atoms with Gasteiger partial charge in [0.25, 0.3) is 0 Å². The van der Waals surface area contributed by atoms with Gasteiger partial charge in [-0.25, -0.2) is 13.2 Å². The number of fused-ring (bicyclic) bond motifs is 2. The number of methoxy groups -OCH3 is 1. The summed E-state index contributed by atoms with van der Waals surface area (Å²) in [6, 6.07) is 19.9. The first-order valence-corrected chi connectivity index (χ1v) is 13.5. The molecule has 0 aliphatic carbocycles. The number of nitrogens with zero attached hydrogens (tertiary/aromatic N) is 1. The number of ether oxygens (including phenoxy) is 1. The highest BCUT2D eigenvalue weighted by Crippen LogP contribution is 2.30. The average Bonchev–Trinajstić information content (AvgIpc) is 3.31. The summed E-state index contributed by atoms with van der Waals surface area (Å²) in [4.78, 5) is 25.6. The molecule has 0 saturated carbocycles. The van der Waals surface area contributed by atoms with Gasteiger partial charge in [0.1, 0.15) is 4.88 Å². The lowest BCUT2D eigenvalue weighted by atomic mass is 9.98. The molecule has 1 N–H and O–H groups in total. The number of thiophene rings is 1. The Hall–Kier alpha value is -3.27. The Labute approximate surface area is 207 Å². The quantitative estimate of drug-likeness (QED) is 0.388. The van der Waals surface area contributed by atoms with E-state index in [4.69, 9.17) is 4.74 Å². The van der Waals surface area contributed by atoms with Gasteiger partial charge in [-0.1, -0.05) is 30.3 Å². The summed E-state index contributed by atoms with van der Waals surface area (Å²) in [6.07, 6.45) is 1.22. The van der Waals surface area contributed by atoms with Crippen LogP contribution in [0.3, 0.4) is 0 Å². The topological polar surface area (TPSA) is 92.8 Å². The van der Waals surface area contributed by atoms with Crippen molar-refractivity contribution in [2.75, 3.05) is 25.5 Å². The fourth-order valence-electron chi connectivity index (χ4n) is 4.42. The Morgan fingerprint density at radius 2 is 1.80 bits per heavy atom. The van der Waals surface area contributed by atoms with Crippen LogP contribution in [0, 0.1) is 5.92 Å². The number of hydrogen-bond donors (Lipinski definition) is 1. The summed E-state index contributed by atoms with van der Waals surface area (Å²) in [5.74, 6) is -1.07. The van der Waals surface area contributed by atoms with Crippen LogP contribution in [0.15, 0.2) is 71.6 Å². The van der Waals surface area contributed by atoms with Gasteiger partial charge in [0, 0.05) is 23.5 Å². The van der Waals surface area contributed by atoms with Gasteiger partial charge < -0.3 is 10.1 Å². The molecule has 1 aliphatic heterocycles. The van der Waals surface area contributed by atoms with E-state index in [1.807, 2.05) is 42.5 Å². The summed E-state index contributed by atoms with van der Waals surface area (Å²) in [7, 11) is -2.38. The summed E-state index contributed by atoms with van der Waals surface area (Å²) in [5, 5.41) is 5.59. The van der Waals surface area contributed by atoms with Crippen LogP contribution < -0.4 is 5.32 Å². The number of esters is 1. The molecular formula is C26H24N2O5S2. The molecule has 9 heteroatoms. The lowest BCUT2D eigenvalue weighted by molar-refractivity contribution is -0.120. The molecule has 35 heavy (non-hydrogen) atoms. The van der Waals surface area contributed by atoms with Crippen LogP contribution in [0.4, 0.5) is 5.69 Å². The molecule has 4 aromatic rings. The van der Waals surface area contributed by atoms with Crippen LogP contribution in [-0.4, -0.2) is 44.8 Å². The SMILES string of the molecule is COC(=O)c1cc2cc(NC(=O)C3CCCN(S(=O)(=O)c4ccc5ccccc5c4)C3)ccc2s1. The number of sulfonamides is 1. The lowest BCUT2D eigenvalue weighted by Crippen LogP contribution is -2.43. The largest absolute Gasteiger partial charge is 0.465 e. The van der Waals surface area contributed by atoms with Gasteiger partial charge in [-0.05, 0) is 65.4 Å². The van der Waals surface area contributed by atoms with E-state index < -0.39 is 21.9 Å². The van der Waals surface area contributed by atoms with Crippen molar-refractivity contribution in [3.05, 3.63) is 71.6 Å². The first-order valence-electron chi connectivity index (χ1n) is 11.3. The smallest absolute Gasteiger partial charge is 0.348 e. The molecule has 1 atom stereocenters. The summed E-state index contributed by atoms with van der Waals surface area (Å²) in [5.41, 5.74) is 0.603. The molecule has 180 valence electrons. The fourth-order valence-corrected chi connectivity index (χ4v) is 6.94. The molecule has 1 aliphatic rings. The van der Waals surface area contributed by atoms with Crippen LogP contribution in [0.1, 0.15) is 22.5 Å². The van der Waals surface area contributed by atoms with Gasteiger partial charge in [0.15, 0.2) is 0 Å². The predicted molar refractivity (Wildman–Crippen MR) is 137 cm³/mol. The van der Waals surface area contributed by atoms with Crippen LogP contribution >= 0.6 is 11.3 Å². The molecule has 0 radical (unpaired) electrons. The molecule has 5 rings (SSSR count). The first kappa shape index (κ1) is 23.5. The van der Waals surface area contributed by atoms with Crippen molar-refractivity contribution >= 4 is 59.8 Å². The lowest BCUT2D eigenvalue weighted by Gasteiger charge is -2.31. The third kappa shape index (κ3) is 4.67. The van der Waals surface area contributed by atoms with Gasteiger partial charge >= 0.3 is 5.97 Å². The van der Waals surface area contributed by atoms with Crippen LogP contribution in [0.2, 0.25) is 0 Å². The molecule has 1 saturated heterocycles. The monoisotopic (exact) mass is 508 g/mol. The van der Waals surface area contributed by atoms with Crippen LogP contribution in [0.5, 0.6) is 0 Å². The highest BCUT2D eigenvalue weighted by atomic mass is 32.2. The zero-order valence-corrected chi connectivity index (χ0v) is 20.7. The van der Waals surface area contributed by atoms with Crippen molar-refractivity contribution < 1.29 is 22.7 Å². The number of piperidine rings is 1. The van der Waals surface area contributed by atoms with Gasteiger partial charge in [0.2, 0.25) is 15.9 Å². The second kappa shape index (κ2) is 9.41. The maximum atomic E-state index is 13.3. The van der Waals surface area contributed by atoms with E-state index in [1.165, 1.54) is 22.8 Å². The van der Waals surface area contributed by atoms with E-state index in [1.54, 1.807) is 24.3 Å². The minimum atomic E-state index is -3.72. The number of carbonyl (C=O) groups is 2. The molecule has 0 bridgehead atoms. The fraction of sp³-hybridized carbons (Fsp3) is 0.231.